The summed E-state index contributed by atoms with van der Waals surface area (Å²) in [5, 5.41) is 3.56. The van der Waals surface area contributed by atoms with Gasteiger partial charge in [-0.2, -0.15) is 0 Å². The number of fused-ring (bicyclic) bond motifs is 1. The van der Waals surface area contributed by atoms with Gasteiger partial charge in [-0.3, -0.25) is 0 Å². The number of nitrogens with zero attached hydrogens (tertiary/aromatic N) is 2. The summed E-state index contributed by atoms with van der Waals surface area (Å²) >= 11 is 0. The molecule has 1 heterocycles. The van der Waals surface area contributed by atoms with E-state index in [0.717, 1.165) is 24.5 Å². The zero-order valence-corrected chi connectivity index (χ0v) is 10.8. The van der Waals surface area contributed by atoms with Gasteiger partial charge < -0.3 is 9.88 Å². The molecule has 3 heteroatoms. The van der Waals surface area contributed by atoms with Gasteiger partial charge in [-0.1, -0.05) is 18.6 Å². The molecule has 3 rings (SSSR count). The van der Waals surface area contributed by atoms with Crippen molar-refractivity contribution in [1.82, 2.24) is 14.9 Å². The molecule has 1 aliphatic carbocycles. The molecule has 0 radical (unpaired) electrons. The van der Waals surface area contributed by atoms with E-state index in [9.17, 15) is 0 Å². The van der Waals surface area contributed by atoms with E-state index >= 15 is 0 Å². The summed E-state index contributed by atoms with van der Waals surface area (Å²) in [4.78, 5) is 4.41. The third kappa shape index (κ3) is 2.56. The molecule has 96 valence electrons. The van der Waals surface area contributed by atoms with E-state index in [1.165, 1.54) is 37.7 Å². The highest BCUT2D eigenvalue weighted by Crippen LogP contribution is 2.25. The third-order valence-corrected chi connectivity index (χ3v) is 3.94. The van der Waals surface area contributed by atoms with Gasteiger partial charge in [-0.05, 0) is 50.4 Å². The number of benzene rings is 1. The first-order chi connectivity index (χ1) is 8.93. The third-order valence-electron chi connectivity index (χ3n) is 3.94. The average molecular weight is 243 g/mol. The fraction of sp³-hybridized carbons (Fsp3) is 0.533. The van der Waals surface area contributed by atoms with Gasteiger partial charge in [0.05, 0.1) is 17.4 Å². The minimum absolute atomic E-state index is 0.957. The zero-order valence-electron chi connectivity index (χ0n) is 10.8. The molecule has 1 fully saturated rings. The summed E-state index contributed by atoms with van der Waals surface area (Å²) in [6.07, 6.45) is 7.43. The molecule has 1 aromatic carbocycles. The summed E-state index contributed by atoms with van der Waals surface area (Å²) < 4.78 is 2.25. The van der Waals surface area contributed by atoms with Gasteiger partial charge in [0.2, 0.25) is 0 Å². The lowest BCUT2D eigenvalue weighted by Gasteiger charge is -2.25. The molecule has 0 atom stereocenters. The first-order valence-corrected chi connectivity index (χ1v) is 7.04. The lowest BCUT2D eigenvalue weighted by Crippen LogP contribution is -2.28. The van der Waals surface area contributed by atoms with E-state index in [4.69, 9.17) is 0 Å². The van der Waals surface area contributed by atoms with Crippen molar-refractivity contribution in [1.29, 1.82) is 0 Å². The van der Waals surface area contributed by atoms with E-state index in [0.29, 0.717) is 0 Å². The fourth-order valence-corrected chi connectivity index (χ4v) is 2.57. The Morgan fingerprint density at radius 3 is 3.00 bits per heavy atom. The summed E-state index contributed by atoms with van der Waals surface area (Å²) in [5.41, 5.74) is 2.34. The molecule has 2 aromatic rings. The van der Waals surface area contributed by atoms with Crippen molar-refractivity contribution >= 4 is 11.0 Å². The van der Waals surface area contributed by atoms with Crippen LogP contribution in [0.25, 0.3) is 11.0 Å². The highest BCUT2D eigenvalue weighted by Gasteiger charge is 2.15. The number of hydrogen-bond acceptors (Lipinski definition) is 2. The molecule has 0 amide bonds. The van der Waals surface area contributed by atoms with Crippen LogP contribution in [0.1, 0.15) is 25.7 Å². The monoisotopic (exact) mass is 243 g/mol. The molecule has 1 saturated carbocycles. The van der Waals surface area contributed by atoms with E-state index in [1.54, 1.807) is 0 Å². The molecule has 1 aromatic heterocycles. The van der Waals surface area contributed by atoms with Crippen molar-refractivity contribution in [3.63, 3.8) is 0 Å². The molecule has 0 saturated heterocycles. The Hall–Kier alpha value is -1.35. The molecule has 18 heavy (non-hydrogen) atoms. The van der Waals surface area contributed by atoms with Gasteiger partial charge in [0.25, 0.3) is 0 Å². The van der Waals surface area contributed by atoms with E-state index < -0.39 is 0 Å². The van der Waals surface area contributed by atoms with Gasteiger partial charge in [0, 0.05) is 6.54 Å². The van der Waals surface area contributed by atoms with Crippen molar-refractivity contribution < 1.29 is 0 Å². The highest BCUT2D eigenvalue weighted by atomic mass is 15.0. The standard InChI is InChI=1S/C15H21N3/c1-2-8-15-14(7-1)17-12-18(15)10-4-9-16-11-13-5-3-6-13/h1-2,7-8,12-13,16H,3-6,9-11H2. The van der Waals surface area contributed by atoms with Gasteiger partial charge in [0.1, 0.15) is 0 Å². The predicted molar refractivity (Wildman–Crippen MR) is 74.6 cm³/mol. The molecule has 0 spiro atoms. The van der Waals surface area contributed by atoms with Gasteiger partial charge in [-0.15, -0.1) is 0 Å². The van der Waals surface area contributed by atoms with E-state index in [-0.39, 0.29) is 0 Å². The minimum Gasteiger partial charge on any atom is -0.331 e. The fourth-order valence-electron chi connectivity index (χ4n) is 2.57. The first kappa shape index (κ1) is 11.7. The zero-order chi connectivity index (χ0) is 12.2. The molecule has 1 N–H and O–H groups in total. The Morgan fingerprint density at radius 1 is 1.28 bits per heavy atom. The largest absolute Gasteiger partial charge is 0.331 e. The van der Waals surface area contributed by atoms with Crippen molar-refractivity contribution in [2.75, 3.05) is 13.1 Å². The van der Waals surface area contributed by atoms with Crippen LogP contribution in [0.5, 0.6) is 0 Å². The molecular weight excluding hydrogens is 222 g/mol. The second kappa shape index (κ2) is 5.53. The second-order valence-electron chi connectivity index (χ2n) is 5.28. The number of rotatable bonds is 6. The van der Waals surface area contributed by atoms with Crippen LogP contribution in [-0.4, -0.2) is 22.6 Å². The van der Waals surface area contributed by atoms with Crippen molar-refractivity contribution in [3.05, 3.63) is 30.6 Å². The van der Waals surface area contributed by atoms with Crippen LogP contribution in [-0.2, 0) is 6.54 Å². The molecular formula is C15H21N3. The molecule has 0 bridgehead atoms. The second-order valence-corrected chi connectivity index (χ2v) is 5.28. The Bertz CT molecular complexity index is 499. The molecule has 0 unspecified atom stereocenters. The van der Waals surface area contributed by atoms with Crippen molar-refractivity contribution in [2.45, 2.75) is 32.2 Å². The molecule has 1 aliphatic rings. The predicted octanol–water partition coefficient (Wildman–Crippen LogP) is 2.82. The van der Waals surface area contributed by atoms with Crippen LogP contribution in [0, 0.1) is 5.92 Å². The van der Waals surface area contributed by atoms with E-state index in [1.807, 2.05) is 12.4 Å². The number of nitrogens with one attached hydrogen (secondary N) is 1. The molecule has 3 nitrogen and oxygen atoms in total. The minimum atomic E-state index is 0.957. The van der Waals surface area contributed by atoms with Crippen LogP contribution < -0.4 is 5.32 Å². The maximum atomic E-state index is 4.41. The number of aromatic nitrogens is 2. The Labute approximate surface area is 108 Å². The summed E-state index contributed by atoms with van der Waals surface area (Å²) in [7, 11) is 0. The highest BCUT2D eigenvalue weighted by molar-refractivity contribution is 5.74. The van der Waals surface area contributed by atoms with Gasteiger partial charge in [0.15, 0.2) is 0 Å². The summed E-state index contributed by atoms with van der Waals surface area (Å²) in [6, 6.07) is 8.33. The van der Waals surface area contributed by atoms with Crippen LogP contribution in [0.3, 0.4) is 0 Å². The normalized spacial score (nSPS) is 16.0. The number of imidazole rings is 1. The maximum absolute atomic E-state index is 4.41. The lowest BCUT2D eigenvalue weighted by atomic mass is 9.85. The smallest absolute Gasteiger partial charge is 0.0958 e. The SMILES string of the molecule is c1ccc2c(c1)ncn2CCCNCC1CCC1. The van der Waals surface area contributed by atoms with Crippen LogP contribution in [0.15, 0.2) is 30.6 Å². The Balaban J connectivity index is 1.44. The number of hydrogen-bond donors (Lipinski definition) is 1. The van der Waals surface area contributed by atoms with Gasteiger partial charge >= 0.3 is 0 Å². The van der Waals surface area contributed by atoms with Crippen molar-refractivity contribution in [2.24, 2.45) is 5.92 Å². The van der Waals surface area contributed by atoms with Crippen LogP contribution in [0.4, 0.5) is 0 Å². The number of aryl methyl sites for hydroxylation is 1. The molecule has 0 aliphatic heterocycles. The first-order valence-electron chi connectivity index (χ1n) is 7.04. The Kier molecular flexibility index (Phi) is 3.60. The summed E-state index contributed by atoms with van der Waals surface area (Å²) in [6.45, 7) is 3.38. The Morgan fingerprint density at radius 2 is 2.17 bits per heavy atom. The number of para-hydroxylation sites is 2. The maximum Gasteiger partial charge on any atom is 0.0958 e. The van der Waals surface area contributed by atoms with Crippen LogP contribution in [0.2, 0.25) is 0 Å². The van der Waals surface area contributed by atoms with Crippen molar-refractivity contribution in [3.8, 4) is 0 Å². The lowest BCUT2D eigenvalue weighted by molar-refractivity contribution is 0.301. The quantitative estimate of drug-likeness (QED) is 0.791. The van der Waals surface area contributed by atoms with Crippen LogP contribution >= 0.6 is 0 Å². The average Bonchev–Trinajstić information content (AvgIpc) is 2.75. The van der Waals surface area contributed by atoms with E-state index in [2.05, 4.69) is 33.1 Å². The topological polar surface area (TPSA) is 29.9 Å². The summed E-state index contributed by atoms with van der Waals surface area (Å²) in [5.74, 6) is 0.957. The van der Waals surface area contributed by atoms with Gasteiger partial charge in [-0.25, -0.2) is 4.98 Å².